The van der Waals surface area contributed by atoms with E-state index in [1.807, 2.05) is 19.4 Å². The molecule has 0 aliphatic heterocycles. The smallest absolute Gasteiger partial charge is 0.204 e. The number of aryl methyl sites for hydroxylation is 1. The van der Waals surface area contributed by atoms with Crippen LogP contribution in [0.1, 0.15) is 16.6 Å². The monoisotopic (exact) mass is 252 g/mol. The van der Waals surface area contributed by atoms with Crippen molar-refractivity contribution < 1.29 is 0 Å². The molecular weight excluding hydrogens is 236 g/mol. The van der Waals surface area contributed by atoms with E-state index in [1.54, 1.807) is 25.1 Å². The number of hydrogen-bond donors (Lipinski definition) is 3. The van der Waals surface area contributed by atoms with Crippen LogP contribution < -0.4 is 10.6 Å². The van der Waals surface area contributed by atoms with E-state index in [2.05, 4.69) is 25.6 Å². The summed E-state index contributed by atoms with van der Waals surface area (Å²) in [5, 5.41) is 14.3. The second-order valence-electron chi connectivity index (χ2n) is 3.33. The lowest BCUT2D eigenvalue weighted by atomic mass is 10.2. The first-order valence-corrected chi connectivity index (χ1v) is 6.40. The zero-order valence-corrected chi connectivity index (χ0v) is 10.9. The molecule has 1 rings (SSSR count). The fourth-order valence-corrected chi connectivity index (χ4v) is 2.12. The molecule has 1 heterocycles. The number of guanidine groups is 1. The van der Waals surface area contributed by atoms with E-state index in [4.69, 9.17) is 5.26 Å². The minimum Gasteiger partial charge on any atom is -0.354 e. The molecule has 3 N–H and O–H groups in total. The molecule has 17 heavy (non-hydrogen) atoms. The van der Waals surface area contributed by atoms with Gasteiger partial charge in [-0.15, -0.1) is 0 Å². The van der Waals surface area contributed by atoms with Crippen molar-refractivity contribution in [2.24, 2.45) is 4.99 Å². The van der Waals surface area contributed by atoms with E-state index in [1.165, 1.54) is 0 Å². The van der Waals surface area contributed by atoms with Crippen LogP contribution >= 0.6 is 11.8 Å². The van der Waals surface area contributed by atoms with Crippen molar-refractivity contribution in [3.05, 3.63) is 17.7 Å². The summed E-state index contributed by atoms with van der Waals surface area (Å²) in [6.07, 6.45) is 5.55. The Balaban J connectivity index is 2.60. The maximum atomic E-state index is 8.51. The normalized spacial score (nSPS) is 12.9. The van der Waals surface area contributed by atoms with Gasteiger partial charge in [0.05, 0.1) is 17.3 Å². The summed E-state index contributed by atoms with van der Waals surface area (Å²) in [5.41, 5.74) is 2.09. The highest BCUT2D eigenvalue weighted by Gasteiger charge is 2.15. The first-order chi connectivity index (χ1) is 8.22. The minimum absolute atomic E-state index is 0.221. The Kier molecular flexibility index (Phi) is 5.36. The summed E-state index contributed by atoms with van der Waals surface area (Å²) >= 11 is 1.70. The lowest BCUT2D eigenvalue weighted by Gasteiger charge is -2.15. The van der Waals surface area contributed by atoms with Crippen molar-refractivity contribution in [2.45, 2.75) is 12.2 Å². The van der Waals surface area contributed by atoms with Gasteiger partial charge in [-0.3, -0.25) is 10.3 Å². The van der Waals surface area contributed by atoms with Gasteiger partial charge >= 0.3 is 0 Å². The zero-order valence-electron chi connectivity index (χ0n) is 10.1. The number of nitriles is 1. The van der Waals surface area contributed by atoms with Crippen molar-refractivity contribution in [1.29, 1.82) is 5.26 Å². The molecule has 6 nitrogen and oxygen atoms in total. The van der Waals surface area contributed by atoms with E-state index < -0.39 is 0 Å². The largest absolute Gasteiger partial charge is 0.354 e. The molecule has 0 fully saturated rings. The number of nitrogens with zero attached hydrogens (tertiary/aromatic N) is 3. The number of imidazole rings is 1. The van der Waals surface area contributed by atoms with Crippen LogP contribution in [0.25, 0.3) is 0 Å². The van der Waals surface area contributed by atoms with Gasteiger partial charge in [0.25, 0.3) is 0 Å². The second kappa shape index (κ2) is 6.81. The van der Waals surface area contributed by atoms with E-state index in [-0.39, 0.29) is 5.25 Å². The first kappa shape index (κ1) is 13.4. The molecule has 1 aromatic heterocycles. The zero-order chi connectivity index (χ0) is 12.7. The Morgan fingerprint density at radius 2 is 2.53 bits per heavy atom. The SMILES string of the molecule is CN=C(NC#N)NCC(SC)c1nc[nH]c1C. The lowest BCUT2D eigenvalue weighted by molar-refractivity contribution is 0.807. The van der Waals surface area contributed by atoms with Crippen LogP contribution in [0.3, 0.4) is 0 Å². The average molecular weight is 252 g/mol. The highest BCUT2D eigenvalue weighted by Crippen LogP contribution is 2.25. The van der Waals surface area contributed by atoms with Crippen LogP contribution in [0.4, 0.5) is 0 Å². The minimum atomic E-state index is 0.221. The number of aromatic nitrogens is 2. The highest BCUT2D eigenvalue weighted by atomic mass is 32.2. The molecule has 0 saturated carbocycles. The predicted octanol–water partition coefficient (Wildman–Crippen LogP) is 0.768. The molecule has 0 radical (unpaired) electrons. The Bertz CT molecular complexity index is 419. The summed E-state index contributed by atoms with van der Waals surface area (Å²) < 4.78 is 0. The number of nitrogens with one attached hydrogen (secondary N) is 3. The number of rotatable bonds is 4. The van der Waals surface area contributed by atoms with Gasteiger partial charge in [0, 0.05) is 19.3 Å². The summed E-state index contributed by atoms with van der Waals surface area (Å²) in [6.45, 7) is 2.65. The third-order valence-corrected chi connectivity index (χ3v) is 3.27. The molecule has 0 aliphatic carbocycles. The molecule has 0 amide bonds. The van der Waals surface area contributed by atoms with Gasteiger partial charge in [-0.05, 0) is 13.2 Å². The predicted molar refractivity (Wildman–Crippen MR) is 69.7 cm³/mol. The molecule has 1 aromatic rings. The molecule has 1 atom stereocenters. The quantitative estimate of drug-likeness (QED) is 0.319. The van der Waals surface area contributed by atoms with Crippen LogP contribution in [-0.4, -0.2) is 35.8 Å². The molecule has 0 aliphatic rings. The summed E-state index contributed by atoms with van der Waals surface area (Å²) in [4.78, 5) is 11.3. The van der Waals surface area contributed by atoms with Crippen LogP contribution in [-0.2, 0) is 0 Å². The number of aliphatic imine (C=N–C) groups is 1. The third-order valence-electron chi connectivity index (χ3n) is 2.31. The van der Waals surface area contributed by atoms with Crippen LogP contribution in [0, 0.1) is 18.4 Å². The fourth-order valence-electron chi connectivity index (χ4n) is 1.41. The van der Waals surface area contributed by atoms with Gasteiger partial charge < -0.3 is 10.3 Å². The number of aromatic amines is 1. The van der Waals surface area contributed by atoms with Gasteiger partial charge in [-0.25, -0.2) is 4.98 Å². The van der Waals surface area contributed by atoms with E-state index >= 15 is 0 Å². The molecule has 7 heteroatoms. The molecule has 0 aromatic carbocycles. The van der Waals surface area contributed by atoms with E-state index in [9.17, 15) is 0 Å². The van der Waals surface area contributed by atoms with Gasteiger partial charge in [0.1, 0.15) is 0 Å². The standard InChI is InChI=1S/C10H16N6S/c1-7-9(16-6-15-7)8(17-3)4-13-10(12-2)14-5-11/h6,8H,4H2,1-3H3,(H,15,16)(H2,12,13,14). The van der Waals surface area contributed by atoms with Gasteiger partial charge in [0.15, 0.2) is 6.19 Å². The Hall–Kier alpha value is -1.68. The summed E-state index contributed by atoms with van der Waals surface area (Å²) in [6, 6.07) is 0. The summed E-state index contributed by atoms with van der Waals surface area (Å²) in [5.74, 6) is 0.472. The van der Waals surface area contributed by atoms with Crippen LogP contribution in [0.15, 0.2) is 11.3 Å². The summed E-state index contributed by atoms with van der Waals surface area (Å²) in [7, 11) is 1.63. The molecule has 0 saturated heterocycles. The maximum Gasteiger partial charge on any atom is 0.204 e. The van der Waals surface area contributed by atoms with Crippen LogP contribution in [0.2, 0.25) is 0 Å². The second-order valence-corrected chi connectivity index (χ2v) is 4.37. The van der Waals surface area contributed by atoms with Gasteiger partial charge in [-0.1, -0.05) is 0 Å². The Morgan fingerprint density at radius 3 is 3.00 bits per heavy atom. The number of hydrogen-bond acceptors (Lipinski definition) is 4. The van der Waals surface area contributed by atoms with Gasteiger partial charge in [0.2, 0.25) is 5.96 Å². The van der Waals surface area contributed by atoms with Crippen molar-refractivity contribution in [3.8, 4) is 6.19 Å². The van der Waals surface area contributed by atoms with E-state index in [0.29, 0.717) is 12.5 Å². The van der Waals surface area contributed by atoms with E-state index in [0.717, 1.165) is 11.4 Å². The highest BCUT2D eigenvalue weighted by molar-refractivity contribution is 7.98. The average Bonchev–Trinajstić information content (AvgIpc) is 2.75. The number of H-pyrrole nitrogens is 1. The molecule has 0 bridgehead atoms. The van der Waals surface area contributed by atoms with Gasteiger partial charge in [-0.2, -0.15) is 17.0 Å². The lowest BCUT2D eigenvalue weighted by Crippen LogP contribution is -2.36. The fraction of sp³-hybridized carbons (Fsp3) is 0.500. The Morgan fingerprint density at radius 1 is 1.76 bits per heavy atom. The molecular formula is C10H16N6S. The van der Waals surface area contributed by atoms with Crippen molar-refractivity contribution in [2.75, 3.05) is 19.8 Å². The molecule has 1 unspecified atom stereocenters. The van der Waals surface area contributed by atoms with Crippen molar-refractivity contribution in [3.63, 3.8) is 0 Å². The Labute approximate surface area is 105 Å². The topological polar surface area (TPSA) is 88.9 Å². The number of thioether (sulfide) groups is 1. The maximum absolute atomic E-state index is 8.51. The van der Waals surface area contributed by atoms with Crippen molar-refractivity contribution >= 4 is 17.7 Å². The first-order valence-electron chi connectivity index (χ1n) is 5.11. The van der Waals surface area contributed by atoms with Crippen molar-refractivity contribution in [1.82, 2.24) is 20.6 Å². The third kappa shape index (κ3) is 3.67. The molecule has 0 spiro atoms. The molecule has 92 valence electrons. The van der Waals surface area contributed by atoms with Crippen LogP contribution in [0.5, 0.6) is 0 Å².